The summed E-state index contributed by atoms with van der Waals surface area (Å²) in [6, 6.07) is 5.57. The Labute approximate surface area is 124 Å². The first-order chi connectivity index (χ1) is 10.2. The van der Waals surface area contributed by atoms with Crippen molar-refractivity contribution in [1.29, 1.82) is 0 Å². The van der Waals surface area contributed by atoms with E-state index in [1.54, 1.807) is 11.0 Å². The Morgan fingerprint density at radius 3 is 2.86 bits per heavy atom. The number of ether oxygens (including phenoxy) is 2. The molecule has 0 fully saturated rings. The van der Waals surface area contributed by atoms with Crippen molar-refractivity contribution in [2.75, 3.05) is 20.3 Å². The van der Waals surface area contributed by atoms with Gasteiger partial charge in [0.1, 0.15) is 0 Å². The van der Waals surface area contributed by atoms with Gasteiger partial charge in [-0.3, -0.25) is 0 Å². The Morgan fingerprint density at radius 1 is 1.33 bits per heavy atom. The number of nitrogens with zero attached hydrogens (tertiary/aromatic N) is 1. The third-order valence-corrected chi connectivity index (χ3v) is 3.66. The van der Waals surface area contributed by atoms with E-state index in [0.29, 0.717) is 25.3 Å². The van der Waals surface area contributed by atoms with Crippen molar-refractivity contribution < 1.29 is 19.1 Å². The van der Waals surface area contributed by atoms with E-state index in [4.69, 9.17) is 9.47 Å². The van der Waals surface area contributed by atoms with Gasteiger partial charge in [-0.25, -0.2) is 9.59 Å². The van der Waals surface area contributed by atoms with E-state index in [1.165, 1.54) is 7.11 Å². The predicted octanol–water partition coefficient (Wildman–Crippen LogP) is 2.77. The van der Waals surface area contributed by atoms with Crippen LogP contribution < -0.4 is 0 Å². The summed E-state index contributed by atoms with van der Waals surface area (Å²) in [4.78, 5) is 25.5. The van der Waals surface area contributed by atoms with Crippen molar-refractivity contribution in [3.8, 4) is 0 Å². The average molecular weight is 291 g/mol. The molecule has 1 heterocycles. The number of unbranched alkanes of at least 4 members (excludes halogenated alkanes) is 1. The molecule has 1 amide bonds. The van der Waals surface area contributed by atoms with E-state index in [1.807, 2.05) is 19.1 Å². The summed E-state index contributed by atoms with van der Waals surface area (Å²) in [6.45, 7) is 3.50. The molecule has 0 bridgehead atoms. The molecule has 2 rings (SSSR count). The normalized spacial score (nSPS) is 13.5. The quantitative estimate of drug-likeness (QED) is 0.632. The molecule has 0 spiro atoms. The second-order valence-corrected chi connectivity index (χ2v) is 5.07. The van der Waals surface area contributed by atoms with Crippen LogP contribution in [0, 0.1) is 0 Å². The van der Waals surface area contributed by atoms with E-state index in [0.717, 1.165) is 30.4 Å². The molecule has 0 unspecified atom stereocenters. The minimum Gasteiger partial charge on any atom is -0.465 e. The van der Waals surface area contributed by atoms with Crippen LogP contribution in [0.2, 0.25) is 0 Å². The molecule has 0 atom stereocenters. The minimum absolute atomic E-state index is 0.311. The van der Waals surface area contributed by atoms with Crippen molar-refractivity contribution in [2.24, 2.45) is 0 Å². The van der Waals surface area contributed by atoms with Gasteiger partial charge in [0.25, 0.3) is 0 Å². The first kappa shape index (κ1) is 15.4. The van der Waals surface area contributed by atoms with Gasteiger partial charge in [0, 0.05) is 6.54 Å². The first-order valence-electron chi connectivity index (χ1n) is 7.28. The number of methoxy groups -OCH3 is 1. The van der Waals surface area contributed by atoms with Gasteiger partial charge in [-0.15, -0.1) is 0 Å². The molecule has 1 aliphatic rings. The van der Waals surface area contributed by atoms with Crippen LogP contribution in [0.15, 0.2) is 18.2 Å². The van der Waals surface area contributed by atoms with Crippen molar-refractivity contribution in [1.82, 2.24) is 4.90 Å². The molecule has 5 nitrogen and oxygen atoms in total. The van der Waals surface area contributed by atoms with E-state index in [-0.39, 0.29) is 12.1 Å². The minimum atomic E-state index is -0.368. The fraction of sp³-hybridized carbons (Fsp3) is 0.500. The maximum absolute atomic E-state index is 12.0. The van der Waals surface area contributed by atoms with E-state index < -0.39 is 0 Å². The van der Waals surface area contributed by atoms with E-state index in [2.05, 4.69) is 0 Å². The zero-order valence-corrected chi connectivity index (χ0v) is 12.6. The molecule has 0 saturated heterocycles. The van der Waals surface area contributed by atoms with Crippen LogP contribution in [0.4, 0.5) is 4.79 Å². The van der Waals surface area contributed by atoms with E-state index >= 15 is 0 Å². The summed E-state index contributed by atoms with van der Waals surface area (Å²) >= 11 is 0. The number of fused-ring (bicyclic) bond motifs is 1. The van der Waals surface area contributed by atoms with Crippen molar-refractivity contribution in [3.05, 3.63) is 34.9 Å². The van der Waals surface area contributed by atoms with Gasteiger partial charge >= 0.3 is 12.1 Å². The lowest BCUT2D eigenvalue weighted by atomic mass is 9.95. The lowest BCUT2D eigenvalue weighted by Gasteiger charge is -2.29. The van der Waals surface area contributed by atoms with Gasteiger partial charge in [0.2, 0.25) is 0 Å². The summed E-state index contributed by atoms with van der Waals surface area (Å²) in [7, 11) is 1.36. The molecule has 114 valence electrons. The summed E-state index contributed by atoms with van der Waals surface area (Å²) in [6.07, 6.45) is 2.27. The summed E-state index contributed by atoms with van der Waals surface area (Å²) < 4.78 is 10.0. The average Bonchev–Trinajstić information content (AvgIpc) is 2.53. The lowest BCUT2D eigenvalue weighted by Crippen LogP contribution is -2.37. The number of hydrogen-bond acceptors (Lipinski definition) is 4. The fourth-order valence-corrected chi connectivity index (χ4v) is 2.43. The van der Waals surface area contributed by atoms with Crippen LogP contribution in [-0.4, -0.2) is 37.2 Å². The molecule has 1 aliphatic heterocycles. The van der Waals surface area contributed by atoms with Gasteiger partial charge in [0.05, 0.1) is 25.8 Å². The molecule has 21 heavy (non-hydrogen) atoms. The monoisotopic (exact) mass is 291 g/mol. The molecule has 1 aromatic carbocycles. The smallest absolute Gasteiger partial charge is 0.410 e. The molecule has 0 saturated carbocycles. The second kappa shape index (κ2) is 7.11. The highest BCUT2D eigenvalue weighted by atomic mass is 16.6. The van der Waals surface area contributed by atoms with Crippen LogP contribution in [0.25, 0.3) is 0 Å². The summed E-state index contributed by atoms with van der Waals surface area (Å²) in [5.74, 6) is -0.368. The molecule has 0 radical (unpaired) electrons. The molecular weight excluding hydrogens is 270 g/mol. The Morgan fingerprint density at radius 2 is 2.14 bits per heavy atom. The summed E-state index contributed by atoms with van der Waals surface area (Å²) in [5, 5.41) is 0. The SMILES string of the molecule is CCCCOC(=O)N1CCc2cccc(C(=O)OC)c2C1. The van der Waals surface area contributed by atoms with Gasteiger partial charge in [-0.2, -0.15) is 0 Å². The molecule has 5 heteroatoms. The molecule has 0 aromatic heterocycles. The topological polar surface area (TPSA) is 55.8 Å². The highest BCUT2D eigenvalue weighted by Gasteiger charge is 2.25. The molecular formula is C16H21NO4. The van der Waals surface area contributed by atoms with Crippen molar-refractivity contribution in [2.45, 2.75) is 32.7 Å². The van der Waals surface area contributed by atoms with Crippen molar-refractivity contribution in [3.63, 3.8) is 0 Å². The Kier molecular flexibility index (Phi) is 5.20. The first-order valence-corrected chi connectivity index (χ1v) is 7.28. The molecule has 0 aliphatic carbocycles. The third kappa shape index (κ3) is 3.54. The van der Waals surface area contributed by atoms with Gasteiger partial charge in [-0.1, -0.05) is 25.5 Å². The maximum Gasteiger partial charge on any atom is 0.410 e. The standard InChI is InChI=1S/C16H21NO4/c1-3-4-10-21-16(19)17-9-8-12-6-5-7-13(14(12)11-17)15(18)20-2/h5-7H,3-4,8-11H2,1-2H3. The molecule has 0 N–H and O–H groups in total. The largest absolute Gasteiger partial charge is 0.465 e. The lowest BCUT2D eigenvalue weighted by molar-refractivity contribution is 0.0594. The number of benzene rings is 1. The number of amides is 1. The highest BCUT2D eigenvalue weighted by molar-refractivity contribution is 5.91. The van der Waals surface area contributed by atoms with Gasteiger partial charge in [0.15, 0.2) is 0 Å². The Bertz CT molecular complexity index is 527. The maximum atomic E-state index is 12.0. The van der Waals surface area contributed by atoms with E-state index in [9.17, 15) is 9.59 Å². The highest BCUT2D eigenvalue weighted by Crippen LogP contribution is 2.23. The van der Waals surface area contributed by atoms with Crippen LogP contribution in [0.1, 0.15) is 41.3 Å². The van der Waals surface area contributed by atoms with Crippen LogP contribution in [-0.2, 0) is 22.4 Å². The number of esters is 1. The Hall–Kier alpha value is -2.04. The van der Waals surface area contributed by atoms with Crippen LogP contribution in [0.3, 0.4) is 0 Å². The van der Waals surface area contributed by atoms with Crippen molar-refractivity contribution >= 4 is 12.1 Å². The fourth-order valence-electron chi connectivity index (χ4n) is 2.43. The van der Waals surface area contributed by atoms with Crippen LogP contribution >= 0.6 is 0 Å². The third-order valence-electron chi connectivity index (χ3n) is 3.66. The zero-order chi connectivity index (χ0) is 15.2. The predicted molar refractivity (Wildman–Crippen MR) is 78.2 cm³/mol. The number of carbonyl (C=O) groups is 2. The number of carbonyl (C=O) groups excluding carboxylic acids is 2. The summed E-state index contributed by atoms with van der Waals surface area (Å²) in [5.41, 5.74) is 2.49. The number of rotatable bonds is 4. The van der Waals surface area contributed by atoms with Gasteiger partial charge < -0.3 is 14.4 Å². The number of hydrogen-bond donors (Lipinski definition) is 0. The second-order valence-electron chi connectivity index (χ2n) is 5.07. The molecule has 1 aromatic rings. The van der Waals surface area contributed by atoms with Crippen LogP contribution in [0.5, 0.6) is 0 Å². The van der Waals surface area contributed by atoms with Gasteiger partial charge in [-0.05, 0) is 30.0 Å². The Balaban J connectivity index is 2.11. The zero-order valence-electron chi connectivity index (χ0n) is 12.6.